The summed E-state index contributed by atoms with van der Waals surface area (Å²) in [6, 6.07) is 8.67. The number of benzene rings is 1. The van der Waals surface area contributed by atoms with Crippen molar-refractivity contribution in [1.29, 1.82) is 0 Å². The van der Waals surface area contributed by atoms with Gasteiger partial charge in [0, 0.05) is 24.5 Å². The lowest BCUT2D eigenvalue weighted by Gasteiger charge is -2.27. The second-order valence-corrected chi connectivity index (χ2v) is 6.48. The van der Waals surface area contributed by atoms with Crippen LogP contribution in [0.2, 0.25) is 0 Å². The summed E-state index contributed by atoms with van der Waals surface area (Å²) >= 11 is 0. The van der Waals surface area contributed by atoms with E-state index in [0.717, 1.165) is 54.8 Å². The maximum atomic E-state index is 5.42. The van der Waals surface area contributed by atoms with Gasteiger partial charge < -0.3 is 9.64 Å². The van der Waals surface area contributed by atoms with Crippen molar-refractivity contribution >= 4 is 16.7 Å². The molecule has 0 radical (unpaired) electrons. The number of anilines is 1. The van der Waals surface area contributed by atoms with Crippen LogP contribution in [-0.2, 0) is 4.74 Å². The van der Waals surface area contributed by atoms with Crippen LogP contribution in [0.5, 0.6) is 0 Å². The van der Waals surface area contributed by atoms with Crippen LogP contribution < -0.4 is 4.90 Å². The highest BCUT2D eigenvalue weighted by molar-refractivity contribution is 5.81. The lowest BCUT2D eigenvalue weighted by Crippen LogP contribution is -2.36. The molecule has 0 amide bonds. The first-order valence-corrected chi connectivity index (χ1v) is 8.51. The molecule has 122 valence electrons. The first-order chi connectivity index (χ1) is 11.9. The van der Waals surface area contributed by atoms with Gasteiger partial charge in [0.05, 0.1) is 24.9 Å². The molecule has 0 unspecified atom stereocenters. The van der Waals surface area contributed by atoms with E-state index < -0.39 is 0 Å². The fourth-order valence-corrected chi connectivity index (χ4v) is 3.31. The molecule has 6 heteroatoms. The molecule has 1 aliphatic carbocycles. The normalized spacial score (nSPS) is 18.2. The van der Waals surface area contributed by atoms with Gasteiger partial charge in [0.15, 0.2) is 5.82 Å². The Morgan fingerprint density at radius 1 is 1.00 bits per heavy atom. The van der Waals surface area contributed by atoms with Crippen LogP contribution in [0.25, 0.3) is 16.7 Å². The molecule has 1 saturated carbocycles. The van der Waals surface area contributed by atoms with Gasteiger partial charge in [-0.15, -0.1) is 0 Å². The predicted octanol–water partition coefficient (Wildman–Crippen LogP) is 2.53. The minimum Gasteiger partial charge on any atom is -0.378 e. The molecule has 2 aliphatic rings. The number of hydrogen-bond donors (Lipinski definition) is 0. The molecule has 2 fully saturated rings. The molecule has 1 saturated heterocycles. The number of aromatic nitrogens is 4. The molecule has 0 N–H and O–H groups in total. The summed E-state index contributed by atoms with van der Waals surface area (Å²) in [5.41, 5.74) is 2.53. The average Bonchev–Trinajstić information content (AvgIpc) is 3.42. The van der Waals surface area contributed by atoms with E-state index in [1.165, 1.54) is 18.4 Å². The van der Waals surface area contributed by atoms with E-state index in [-0.39, 0.29) is 0 Å². The molecule has 0 atom stereocenters. The van der Waals surface area contributed by atoms with Crippen LogP contribution >= 0.6 is 0 Å². The summed E-state index contributed by atoms with van der Waals surface area (Å²) < 4.78 is 7.34. The molecule has 1 aliphatic heterocycles. The molecule has 6 nitrogen and oxygen atoms in total. The highest BCUT2D eigenvalue weighted by Gasteiger charge is 2.24. The van der Waals surface area contributed by atoms with E-state index in [4.69, 9.17) is 4.74 Å². The summed E-state index contributed by atoms with van der Waals surface area (Å²) in [6.45, 7) is 3.22. The third-order valence-electron chi connectivity index (χ3n) is 4.83. The zero-order chi connectivity index (χ0) is 15.9. The molecule has 24 heavy (non-hydrogen) atoms. The Morgan fingerprint density at radius 3 is 2.67 bits per heavy atom. The van der Waals surface area contributed by atoms with Crippen LogP contribution in [0, 0.1) is 0 Å². The lowest BCUT2D eigenvalue weighted by atomic mass is 10.1. The zero-order valence-electron chi connectivity index (χ0n) is 13.4. The second-order valence-electron chi connectivity index (χ2n) is 6.48. The zero-order valence-corrected chi connectivity index (χ0v) is 13.4. The van der Waals surface area contributed by atoms with Crippen molar-refractivity contribution in [2.75, 3.05) is 31.2 Å². The van der Waals surface area contributed by atoms with E-state index in [9.17, 15) is 0 Å². The van der Waals surface area contributed by atoms with E-state index >= 15 is 0 Å². The number of nitrogens with zero attached hydrogens (tertiary/aromatic N) is 5. The summed E-state index contributed by atoms with van der Waals surface area (Å²) in [5, 5.41) is 5.70. The Morgan fingerprint density at radius 2 is 1.83 bits per heavy atom. The van der Waals surface area contributed by atoms with E-state index in [1.54, 1.807) is 6.33 Å². The Labute approximate surface area is 140 Å². The van der Waals surface area contributed by atoms with Gasteiger partial charge in [0.2, 0.25) is 0 Å². The van der Waals surface area contributed by atoms with Crippen LogP contribution in [0.4, 0.5) is 5.82 Å². The third kappa shape index (κ3) is 2.43. The Balaban J connectivity index is 1.55. The largest absolute Gasteiger partial charge is 0.378 e. The molecule has 0 spiro atoms. The highest BCUT2D eigenvalue weighted by atomic mass is 16.5. The topological polar surface area (TPSA) is 56.1 Å². The van der Waals surface area contributed by atoms with Crippen LogP contribution in [0.15, 0.2) is 36.8 Å². The predicted molar refractivity (Wildman–Crippen MR) is 91.7 cm³/mol. The molecular formula is C18H19N5O. The first kappa shape index (κ1) is 13.9. The molecule has 1 aromatic carbocycles. The van der Waals surface area contributed by atoms with E-state index in [0.29, 0.717) is 0 Å². The van der Waals surface area contributed by atoms with Crippen LogP contribution in [0.3, 0.4) is 0 Å². The molecule has 3 aromatic rings. The summed E-state index contributed by atoms with van der Waals surface area (Å²) in [7, 11) is 0. The smallest absolute Gasteiger partial charge is 0.159 e. The van der Waals surface area contributed by atoms with Crippen molar-refractivity contribution in [3.8, 4) is 5.82 Å². The van der Waals surface area contributed by atoms with Crippen molar-refractivity contribution < 1.29 is 4.74 Å². The lowest BCUT2D eigenvalue weighted by molar-refractivity contribution is 0.122. The Bertz CT molecular complexity index is 880. The van der Waals surface area contributed by atoms with Gasteiger partial charge in [-0.2, -0.15) is 5.10 Å². The number of morpholine rings is 1. The number of ether oxygens (including phenoxy) is 1. The maximum Gasteiger partial charge on any atom is 0.159 e. The van der Waals surface area contributed by atoms with Gasteiger partial charge in [0.1, 0.15) is 12.1 Å². The van der Waals surface area contributed by atoms with Crippen molar-refractivity contribution in [3.05, 3.63) is 42.4 Å². The van der Waals surface area contributed by atoms with E-state index in [1.807, 2.05) is 16.9 Å². The van der Waals surface area contributed by atoms with Crippen molar-refractivity contribution in [2.24, 2.45) is 0 Å². The monoisotopic (exact) mass is 321 g/mol. The summed E-state index contributed by atoms with van der Waals surface area (Å²) in [5.74, 6) is 2.48. The number of hydrogen-bond acceptors (Lipinski definition) is 5. The molecular weight excluding hydrogens is 302 g/mol. The molecule has 5 rings (SSSR count). The Hall–Kier alpha value is -2.47. The maximum absolute atomic E-state index is 5.42. The number of fused-ring (bicyclic) bond motifs is 1. The van der Waals surface area contributed by atoms with Gasteiger partial charge in [-0.1, -0.05) is 12.1 Å². The minimum absolute atomic E-state index is 0.729. The minimum atomic E-state index is 0.729. The standard InChI is InChI=1S/C18H19N5O/c1-2-13(1)14-3-4-15-11-21-23(16(15)9-14)18-10-17(19-12-20-18)22-5-7-24-8-6-22/h3-4,9-13H,1-2,5-8H2. The Kier molecular flexibility index (Phi) is 3.23. The van der Waals surface area contributed by atoms with Gasteiger partial charge in [-0.3, -0.25) is 0 Å². The second kappa shape index (κ2) is 5.56. The van der Waals surface area contributed by atoms with Gasteiger partial charge in [-0.05, 0) is 30.4 Å². The summed E-state index contributed by atoms with van der Waals surface area (Å²) in [4.78, 5) is 11.1. The van der Waals surface area contributed by atoms with Crippen LogP contribution in [0.1, 0.15) is 24.3 Å². The molecule has 3 heterocycles. The van der Waals surface area contributed by atoms with Crippen LogP contribution in [-0.4, -0.2) is 46.1 Å². The van der Waals surface area contributed by atoms with E-state index in [2.05, 4.69) is 38.2 Å². The molecule has 0 bridgehead atoms. The van der Waals surface area contributed by atoms with Gasteiger partial charge >= 0.3 is 0 Å². The van der Waals surface area contributed by atoms with Gasteiger partial charge in [-0.25, -0.2) is 14.6 Å². The van der Waals surface area contributed by atoms with Crippen molar-refractivity contribution in [1.82, 2.24) is 19.7 Å². The van der Waals surface area contributed by atoms with Crippen molar-refractivity contribution in [2.45, 2.75) is 18.8 Å². The highest BCUT2D eigenvalue weighted by Crippen LogP contribution is 2.41. The molecule has 2 aromatic heterocycles. The SMILES string of the molecule is c1nc(N2CCOCC2)cc(-n2ncc3ccc(C4CC4)cc32)n1. The summed E-state index contributed by atoms with van der Waals surface area (Å²) in [6.07, 6.45) is 6.13. The number of rotatable bonds is 3. The quantitative estimate of drug-likeness (QED) is 0.742. The van der Waals surface area contributed by atoms with Crippen molar-refractivity contribution in [3.63, 3.8) is 0 Å². The fourth-order valence-electron chi connectivity index (χ4n) is 3.31. The first-order valence-electron chi connectivity index (χ1n) is 8.51. The average molecular weight is 321 g/mol. The fraction of sp³-hybridized carbons (Fsp3) is 0.389. The van der Waals surface area contributed by atoms with Gasteiger partial charge in [0.25, 0.3) is 0 Å². The third-order valence-corrected chi connectivity index (χ3v) is 4.83.